The van der Waals surface area contributed by atoms with Crippen LogP contribution in [0.5, 0.6) is 5.75 Å². The molecule has 2 heterocycles. The second-order valence-corrected chi connectivity index (χ2v) is 8.10. The summed E-state index contributed by atoms with van der Waals surface area (Å²) in [7, 11) is 3.54. The zero-order chi connectivity index (χ0) is 20.6. The Morgan fingerprint density at radius 3 is 2.60 bits per heavy atom. The van der Waals surface area contributed by atoms with Crippen molar-refractivity contribution in [1.29, 1.82) is 0 Å². The first-order chi connectivity index (χ1) is 14.1. The van der Waals surface area contributed by atoms with Crippen LogP contribution in [0.15, 0.2) is 23.2 Å². The van der Waals surface area contributed by atoms with Gasteiger partial charge in [0, 0.05) is 70.5 Å². The molecule has 3 rings (SSSR count). The Kier molecular flexibility index (Phi) is 10.8. The Balaban J connectivity index is 0.00000320. The van der Waals surface area contributed by atoms with Crippen LogP contribution in [0, 0.1) is 0 Å². The molecule has 1 atom stereocenters. The van der Waals surface area contributed by atoms with Crippen LogP contribution in [0.1, 0.15) is 13.3 Å². The van der Waals surface area contributed by atoms with Crippen LogP contribution in [0.25, 0.3) is 0 Å². The predicted octanol–water partition coefficient (Wildman–Crippen LogP) is 2.35. The highest BCUT2D eigenvalue weighted by Gasteiger charge is 2.25. The van der Waals surface area contributed by atoms with E-state index in [9.17, 15) is 0 Å². The van der Waals surface area contributed by atoms with Gasteiger partial charge in [-0.1, -0.05) is 18.5 Å². The van der Waals surface area contributed by atoms with Crippen molar-refractivity contribution < 1.29 is 4.74 Å². The van der Waals surface area contributed by atoms with Crippen molar-refractivity contribution >= 4 is 47.2 Å². The van der Waals surface area contributed by atoms with Crippen LogP contribution in [-0.2, 0) is 0 Å². The third kappa shape index (κ3) is 7.03. The third-order valence-corrected chi connectivity index (χ3v) is 6.10. The number of hydrogen-bond donors (Lipinski definition) is 2. The molecule has 2 fully saturated rings. The summed E-state index contributed by atoms with van der Waals surface area (Å²) < 4.78 is 5.51. The van der Waals surface area contributed by atoms with Gasteiger partial charge in [0.2, 0.25) is 0 Å². The van der Waals surface area contributed by atoms with E-state index in [1.807, 2.05) is 25.2 Å². The molecule has 9 heteroatoms. The topological polar surface area (TPSA) is 55.4 Å². The van der Waals surface area contributed by atoms with E-state index in [0.717, 1.165) is 74.7 Å². The molecule has 1 aromatic rings. The van der Waals surface area contributed by atoms with E-state index in [-0.39, 0.29) is 24.0 Å². The molecule has 0 amide bonds. The number of hydrogen-bond acceptors (Lipinski definition) is 5. The standard InChI is InChI=1S/C21H35ClN6O.HI/c1-4-26-11-13-27(14-12-26)10-8-24-21(23-2)25-18-7-9-28(16-18)19-15-17(22)5-6-20(19)29-3;/h5-6,15,18H,4,7-14,16H2,1-3H3,(H2,23,24,25);1H. The van der Waals surface area contributed by atoms with Crippen LogP contribution in [0.2, 0.25) is 5.02 Å². The molecule has 0 aliphatic carbocycles. The second kappa shape index (κ2) is 12.8. The zero-order valence-electron chi connectivity index (χ0n) is 18.4. The van der Waals surface area contributed by atoms with Crippen LogP contribution in [0.3, 0.4) is 0 Å². The van der Waals surface area contributed by atoms with Crippen molar-refractivity contribution in [3.05, 3.63) is 23.2 Å². The highest BCUT2D eigenvalue weighted by molar-refractivity contribution is 14.0. The van der Waals surface area contributed by atoms with Gasteiger partial charge in [-0.15, -0.1) is 24.0 Å². The van der Waals surface area contributed by atoms with Crippen molar-refractivity contribution in [3.63, 3.8) is 0 Å². The highest BCUT2D eigenvalue weighted by atomic mass is 127. The van der Waals surface area contributed by atoms with E-state index in [4.69, 9.17) is 16.3 Å². The summed E-state index contributed by atoms with van der Waals surface area (Å²) in [6.07, 6.45) is 1.05. The molecule has 7 nitrogen and oxygen atoms in total. The first-order valence-corrected chi connectivity index (χ1v) is 11.0. The molecule has 0 saturated carbocycles. The Labute approximate surface area is 203 Å². The molecular formula is C21H36ClIN6O. The maximum absolute atomic E-state index is 6.20. The summed E-state index contributed by atoms with van der Waals surface area (Å²) in [6.45, 7) is 11.9. The van der Waals surface area contributed by atoms with E-state index in [0.29, 0.717) is 6.04 Å². The van der Waals surface area contributed by atoms with E-state index in [1.54, 1.807) is 7.11 Å². The number of rotatable bonds is 7. The van der Waals surface area contributed by atoms with Gasteiger partial charge in [0.1, 0.15) is 5.75 Å². The molecule has 0 radical (unpaired) electrons. The lowest BCUT2D eigenvalue weighted by atomic mass is 10.2. The Bertz CT molecular complexity index is 683. The summed E-state index contributed by atoms with van der Waals surface area (Å²) >= 11 is 6.20. The number of ether oxygens (including phenoxy) is 1. The fraction of sp³-hybridized carbons (Fsp3) is 0.667. The minimum Gasteiger partial charge on any atom is -0.495 e. The van der Waals surface area contributed by atoms with E-state index in [1.165, 1.54) is 13.1 Å². The summed E-state index contributed by atoms with van der Waals surface area (Å²) in [5.41, 5.74) is 1.05. The maximum atomic E-state index is 6.20. The third-order valence-electron chi connectivity index (χ3n) is 5.87. The second-order valence-electron chi connectivity index (χ2n) is 7.67. The lowest BCUT2D eigenvalue weighted by Gasteiger charge is -2.34. The molecule has 30 heavy (non-hydrogen) atoms. The van der Waals surface area contributed by atoms with Gasteiger partial charge in [-0.2, -0.15) is 0 Å². The number of benzene rings is 1. The normalized spacial score (nSPS) is 20.7. The number of methoxy groups -OCH3 is 1. The van der Waals surface area contributed by atoms with Gasteiger partial charge in [0.15, 0.2) is 5.96 Å². The number of guanidine groups is 1. The number of aliphatic imine (C=N–C) groups is 1. The fourth-order valence-corrected chi connectivity index (χ4v) is 4.22. The average molecular weight is 551 g/mol. The molecule has 2 aliphatic heterocycles. The minimum atomic E-state index is 0. The van der Waals surface area contributed by atoms with Crippen molar-refractivity contribution in [1.82, 2.24) is 20.4 Å². The number of anilines is 1. The largest absolute Gasteiger partial charge is 0.495 e. The lowest BCUT2D eigenvalue weighted by molar-refractivity contribution is 0.139. The zero-order valence-corrected chi connectivity index (χ0v) is 21.5. The van der Waals surface area contributed by atoms with Crippen molar-refractivity contribution in [3.8, 4) is 5.75 Å². The van der Waals surface area contributed by atoms with Crippen molar-refractivity contribution in [2.75, 3.05) is 78.0 Å². The minimum absolute atomic E-state index is 0. The molecule has 0 bridgehead atoms. The van der Waals surface area contributed by atoms with Gasteiger partial charge in [0.25, 0.3) is 0 Å². The van der Waals surface area contributed by atoms with Gasteiger partial charge >= 0.3 is 0 Å². The Morgan fingerprint density at radius 2 is 1.93 bits per heavy atom. The summed E-state index contributed by atoms with van der Waals surface area (Å²) in [5.74, 6) is 1.74. The lowest BCUT2D eigenvalue weighted by Crippen LogP contribution is -2.50. The molecule has 2 N–H and O–H groups in total. The summed E-state index contributed by atoms with van der Waals surface area (Å²) in [4.78, 5) is 11.8. The Morgan fingerprint density at radius 1 is 1.20 bits per heavy atom. The molecule has 1 aromatic carbocycles. The number of likely N-dealkylation sites (N-methyl/N-ethyl adjacent to an activating group) is 1. The molecule has 0 aromatic heterocycles. The highest BCUT2D eigenvalue weighted by Crippen LogP contribution is 2.33. The molecule has 2 saturated heterocycles. The summed E-state index contributed by atoms with van der Waals surface area (Å²) in [5, 5.41) is 7.77. The van der Waals surface area contributed by atoms with Crippen molar-refractivity contribution in [2.45, 2.75) is 19.4 Å². The Hall–Kier alpha value is -0.970. The smallest absolute Gasteiger partial charge is 0.191 e. The van der Waals surface area contributed by atoms with E-state index >= 15 is 0 Å². The molecular weight excluding hydrogens is 515 g/mol. The molecule has 170 valence electrons. The van der Waals surface area contributed by atoms with Crippen LogP contribution in [0.4, 0.5) is 5.69 Å². The molecule has 1 unspecified atom stereocenters. The van der Waals surface area contributed by atoms with Crippen LogP contribution < -0.4 is 20.3 Å². The van der Waals surface area contributed by atoms with Crippen LogP contribution >= 0.6 is 35.6 Å². The fourth-order valence-electron chi connectivity index (χ4n) is 4.06. The van der Waals surface area contributed by atoms with Crippen molar-refractivity contribution in [2.24, 2.45) is 4.99 Å². The monoisotopic (exact) mass is 550 g/mol. The van der Waals surface area contributed by atoms with E-state index < -0.39 is 0 Å². The van der Waals surface area contributed by atoms with Gasteiger partial charge in [-0.25, -0.2) is 0 Å². The summed E-state index contributed by atoms with van der Waals surface area (Å²) in [6, 6.07) is 6.12. The van der Waals surface area contributed by atoms with Crippen LogP contribution in [-0.4, -0.2) is 94.9 Å². The number of halogens is 2. The maximum Gasteiger partial charge on any atom is 0.191 e. The quantitative estimate of drug-likeness (QED) is 0.309. The first kappa shape index (κ1) is 25.3. The molecule has 0 spiro atoms. The number of nitrogens with one attached hydrogen (secondary N) is 2. The SMILES string of the molecule is CCN1CCN(CCNC(=NC)NC2CCN(c3cc(Cl)ccc3OC)C2)CC1.I. The predicted molar refractivity (Wildman–Crippen MR) is 137 cm³/mol. The average Bonchev–Trinajstić information content (AvgIpc) is 3.22. The number of nitrogens with zero attached hydrogens (tertiary/aromatic N) is 4. The van der Waals surface area contributed by atoms with Gasteiger partial charge in [-0.3, -0.25) is 9.89 Å². The molecule has 2 aliphatic rings. The van der Waals surface area contributed by atoms with Gasteiger partial charge in [-0.05, 0) is 31.2 Å². The first-order valence-electron chi connectivity index (χ1n) is 10.6. The number of piperazine rings is 1. The van der Waals surface area contributed by atoms with Gasteiger partial charge < -0.3 is 25.2 Å². The van der Waals surface area contributed by atoms with E-state index in [2.05, 4.69) is 37.2 Å². The van der Waals surface area contributed by atoms with Gasteiger partial charge in [0.05, 0.1) is 12.8 Å².